The Hall–Kier alpha value is -3.83. The number of nitrogens with one attached hydrogen (secondary N) is 1. The van der Waals surface area contributed by atoms with Crippen molar-refractivity contribution in [3.05, 3.63) is 23.3 Å². The van der Waals surface area contributed by atoms with Crippen molar-refractivity contribution in [3.8, 4) is 5.75 Å². The Bertz CT molecular complexity index is 1230. The van der Waals surface area contributed by atoms with Crippen molar-refractivity contribution in [1.82, 2.24) is 15.1 Å². The summed E-state index contributed by atoms with van der Waals surface area (Å²) in [5.41, 5.74) is 0.469. The van der Waals surface area contributed by atoms with Crippen molar-refractivity contribution >= 4 is 35.5 Å². The smallest absolute Gasteiger partial charge is 0.412 e. The predicted molar refractivity (Wildman–Crippen MR) is 160 cm³/mol. The van der Waals surface area contributed by atoms with Crippen LogP contribution < -0.4 is 15.0 Å². The predicted octanol–water partition coefficient (Wildman–Crippen LogP) is 3.78. The van der Waals surface area contributed by atoms with Crippen molar-refractivity contribution in [2.75, 3.05) is 31.1 Å². The summed E-state index contributed by atoms with van der Waals surface area (Å²) in [6.45, 7) is 15.2. The summed E-state index contributed by atoms with van der Waals surface area (Å²) < 4.78 is 16.5. The maximum absolute atomic E-state index is 14.2. The van der Waals surface area contributed by atoms with E-state index >= 15 is 0 Å². The molecule has 1 aromatic rings. The van der Waals surface area contributed by atoms with Crippen LogP contribution in [0.4, 0.5) is 10.5 Å². The number of piperidine rings is 1. The van der Waals surface area contributed by atoms with Gasteiger partial charge in [0.25, 0.3) is 11.8 Å². The van der Waals surface area contributed by atoms with E-state index in [4.69, 9.17) is 14.2 Å². The zero-order chi connectivity index (χ0) is 32.1. The summed E-state index contributed by atoms with van der Waals surface area (Å²) in [6, 6.07) is 2.99. The molecule has 1 N–H and O–H groups in total. The third kappa shape index (κ3) is 7.97. The van der Waals surface area contributed by atoms with Crippen LogP contribution in [0.3, 0.4) is 0 Å². The van der Waals surface area contributed by atoms with E-state index in [9.17, 15) is 24.0 Å². The molecule has 4 amide bonds. The Balaban J connectivity index is 1.86. The molecular weight excluding hydrogens is 556 g/mol. The third-order valence-corrected chi connectivity index (χ3v) is 7.62. The highest BCUT2D eigenvalue weighted by Crippen LogP contribution is 2.40. The first kappa shape index (κ1) is 33.7. The Morgan fingerprint density at radius 1 is 1.12 bits per heavy atom. The maximum Gasteiger partial charge on any atom is 0.412 e. The molecule has 0 unspecified atom stereocenters. The van der Waals surface area contributed by atoms with E-state index in [0.717, 1.165) is 0 Å². The van der Waals surface area contributed by atoms with Crippen LogP contribution in [0.5, 0.6) is 5.75 Å². The summed E-state index contributed by atoms with van der Waals surface area (Å²) in [7, 11) is 0. The van der Waals surface area contributed by atoms with Gasteiger partial charge in [-0.3, -0.25) is 19.2 Å². The SMILES string of the molecule is CCC(=O)NCCN1C(=O)C(C)(C)Oc2cc(C)c(C(=O)N(C(C)C)[C@@H]3CCCN(C(=O)O[C@@H](C)OC(=O)CC)C3)cc21. The number of likely N-dealkylation sites (tertiary alicyclic amines) is 1. The van der Waals surface area contributed by atoms with Crippen LogP contribution in [0.1, 0.15) is 90.1 Å². The summed E-state index contributed by atoms with van der Waals surface area (Å²) in [4.78, 5) is 68.7. The standard InChI is InChI=1S/C31H46N4O8/c1-9-26(36)32-13-15-34-24-17-23(20(5)16-25(24)43-31(7,8)29(34)39)28(38)35(19(3)4)22-12-11-14-33(18-22)30(40)42-21(6)41-27(37)10-2/h16-17,19,21-22H,9-15,18H2,1-8H3,(H,32,36)/t21-,22+/m0/s1. The number of aryl methyl sites for hydroxylation is 1. The molecule has 12 nitrogen and oxygen atoms in total. The monoisotopic (exact) mass is 602 g/mol. The van der Waals surface area contributed by atoms with Crippen molar-refractivity contribution in [1.29, 1.82) is 0 Å². The Morgan fingerprint density at radius 2 is 1.81 bits per heavy atom. The van der Waals surface area contributed by atoms with Gasteiger partial charge in [-0.15, -0.1) is 0 Å². The Kier molecular flexibility index (Phi) is 11.0. The molecule has 3 rings (SSSR count). The summed E-state index contributed by atoms with van der Waals surface area (Å²) >= 11 is 0. The fourth-order valence-corrected chi connectivity index (χ4v) is 5.42. The van der Waals surface area contributed by atoms with Crippen LogP contribution in [0, 0.1) is 6.92 Å². The van der Waals surface area contributed by atoms with E-state index in [1.807, 2.05) is 20.8 Å². The van der Waals surface area contributed by atoms with E-state index in [0.29, 0.717) is 48.4 Å². The van der Waals surface area contributed by atoms with Crippen LogP contribution in [-0.4, -0.2) is 89.7 Å². The second-order valence-electron chi connectivity index (χ2n) is 11.8. The lowest BCUT2D eigenvalue weighted by molar-refractivity contribution is -0.166. The van der Waals surface area contributed by atoms with Gasteiger partial charge in [0.05, 0.1) is 11.7 Å². The number of hydrogen-bond donors (Lipinski definition) is 1. The van der Waals surface area contributed by atoms with Crippen molar-refractivity contribution in [3.63, 3.8) is 0 Å². The molecule has 0 spiro atoms. The Morgan fingerprint density at radius 3 is 2.44 bits per heavy atom. The lowest BCUT2D eigenvalue weighted by Gasteiger charge is -2.42. The molecule has 43 heavy (non-hydrogen) atoms. The zero-order valence-corrected chi connectivity index (χ0v) is 26.7. The first-order chi connectivity index (χ1) is 20.2. The lowest BCUT2D eigenvalue weighted by atomic mass is 9.97. The highest BCUT2D eigenvalue weighted by Gasteiger charge is 2.42. The molecule has 2 atom stereocenters. The number of benzene rings is 1. The lowest BCUT2D eigenvalue weighted by Crippen LogP contribution is -2.55. The van der Waals surface area contributed by atoms with Crippen LogP contribution >= 0.6 is 0 Å². The van der Waals surface area contributed by atoms with Gasteiger partial charge in [0.1, 0.15) is 5.75 Å². The number of carbonyl (C=O) groups excluding carboxylic acids is 5. The molecule has 0 aromatic heterocycles. The van der Waals surface area contributed by atoms with Crippen molar-refractivity contribution < 1.29 is 38.2 Å². The fraction of sp³-hybridized carbons (Fsp3) is 0.645. The van der Waals surface area contributed by atoms with Gasteiger partial charge in [0, 0.05) is 57.5 Å². The minimum atomic E-state index is -1.11. The van der Waals surface area contributed by atoms with Gasteiger partial charge in [-0.2, -0.15) is 0 Å². The molecule has 0 bridgehead atoms. The number of esters is 1. The second kappa shape index (κ2) is 14.1. The molecular formula is C31H46N4O8. The van der Waals surface area contributed by atoms with E-state index in [1.165, 1.54) is 11.8 Å². The molecule has 0 saturated carbocycles. The maximum atomic E-state index is 14.2. The third-order valence-electron chi connectivity index (χ3n) is 7.62. The van der Waals surface area contributed by atoms with Crippen LogP contribution in [-0.2, 0) is 23.9 Å². The van der Waals surface area contributed by atoms with E-state index in [1.54, 1.807) is 49.6 Å². The highest BCUT2D eigenvalue weighted by atomic mass is 16.7. The number of nitrogens with zero attached hydrogens (tertiary/aromatic N) is 3. The number of fused-ring (bicyclic) bond motifs is 1. The molecule has 1 aromatic carbocycles. The van der Waals surface area contributed by atoms with Gasteiger partial charge in [0.2, 0.25) is 12.2 Å². The van der Waals surface area contributed by atoms with E-state index in [-0.39, 0.29) is 55.9 Å². The molecule has 1 fully saturated rings. The molecule has 2 aliphatic heterocycles. The molecule has 238 valence electrons. The summed E-state index contributed by atoms with van der Waals surface area (Å²) in [5, 5.41) is 2.80. The number of amides is 4. The Labute approximate surface area is 254 Å². The average Bonchev–Trinajstić information content (AvgIpc) is 2.94. The topological polar surface area (TPSA) is 135 Å². The molecule has 0 aliphatic carbocycles. The van der Waals surface area contributed by atoms with Gasteiger partial charge in [-0.25, -0.2) is 4.79 Å². The van der Waals surface area contributed by atoms with Crippen LogP contribution in [0.15, 0.2) is 12.1 Å². The number of ether oxygens (including phenoxy) is 3. The van der Waals surface area contributed by atoms with Crippen LogP contribution in [0.25, 0.3) is 0 Å². The normalized spacial score (nSPS) is 18.3. The molecule has 2 heterocycles. The summed E-state index contributed by atoms with van der Waals surface area (Å²) in [6.07, 6.45) is 0.241. The van der Waals surface area contributed by atoms with Gasteiger partial charge in [-0.1, -0.05) is 13.8 Å². The quantitative estimate of drug-likeness (QED) is 0.316. The minimum absolute atomic E-state index is 0.116. The largest absolute Gasteiger partial charge is 0.476 e. The van der Waals surface area contributed by atoms with Gasteiger partial charge in [-0.05, 0) is 65.2 Å². The van der Waals surface area contributed by atoms with Gasteiger partial charge >= 0.3 is 12.1 Å². The molecule has 1 saturated heterocycles. The van der Waals surface area contributed by atoms with Crippen molar-refractivity contribution in [2.45, 2.75) is 105 Å². The number of carbonyl (C=O) groups is 5. The van der Waals surface area contributed by atoms with Crippen LogP contribution in [0.2, 0.25) is 0 Å². The number of anilines is 1. The molecule has 2 aliphatic rings. The average molecular weight is 603 g/mol. The van der Waals surface area contributed by atoms with Gasteiger partial charge in [0.15, 0.2) is 5.60 Å². The number of hydrogen-bond acceptors (Lipinski definition) is 8. The first-order valence-electron chi connectivity index (χ1n) is 15.1. The first-order valence-corrected chi connectivity index (χ1v) is 15.1. The van der Waals surface area contributed by atoms with Crippen molar-refractivity contribution in [2.24, 2.45) is 0 Å². The second-order valence-corrected chi connectivity index (χ2v) is 11.8. The van der Waals surface area contributed by atoms with E-state index in [2.05, 4.69) is 5.32 Å². The fourth-order valence-electron chi connectivity index (χ4n) is 5.42. The summed E-state index contributed by atoms with van der Waals surface area (Å²) in [5.74, 6) is -0.588. The zero-order valence-electron chi connectivity index (χ0n) is 26.7. The highest BCUT2D eigenvalue weighted by molar-refractivity contribution is 6.05. The minimum Gasteiger partial charge on any atom is -0.476 e. The van der Waals surface area contributed by atoms with Gasteiger partial charge < -0.3 is 34.2 Å². The molecule has 0 radical (unpaired) electrons. The van der Waals surface area contributed by atoms with E-state index < -0.39 is 24.0 Å². The molecule has 12 heteroatoms. The number of rotatable bonds is 10.